The molecule has 166 valence electrons. The molecule has 2 fully saturated rings. The summed E-state index contributed by atoms with van der Waals surface area (Å²) in [5.41, 5.74) is 3.06. The van der Waals surface area contributed by atoms with Crippen molar-refractivity contribution < 1.29 is 13.9 Å². The Bertz CT molecular complexity index is 889. The number of carbonyl (C=O) groups excluding carboxylic acids is 1. The predicted molar refractivity (Wildman–Crippen MR) is 124 cm³/mol. The average molecular weight is 443 g/mol. The number of hydrogen-bond donors (Lipinski definition) is 1. The molecule has 1 saturated heterocycles. The molecule has 6 heteroatoms. The summed E-state index contributed by atoms with van der Waals surface area (Å²) in [6.07, 6.45) is 4.99. The molecule has 4 rings (SSSR count). The average Bonchev–Trinajstić information content (AvgIpc) is 3.12. The predicted octanol–water partition coefficient (Wildman–Crippen LogP) is 4.69. The van der Waals surface area contributed by atoms with Gasteiger partial charge in [-0.2, -0.15) is 0 Å². The molecule has 2 aliphatic rings. The lowest BCUT2D eigenvalue weighted by molar-refractivity contribution is -0.139. The van der Waals surface area contributed by atoms with Crippen molar-refractivity contribution in [2.45, 2.75) is 44.2 Å². The molecule has 2 atom stereocenters. The maximum atomic E-state index is 13.7. The van der Waals surface area contributed by atoms with Crippen LogP contribution in [-0.2, 0) is 16.0 Å². The van der Waals surface area contributed by atoms with E-state index in [1.165, 1.54) is 18.1 Å². The van der Waals surface area contributed by atoms with Crippen LogP contribution in [0, 0.1) is 11.7 Å². The van der Waals surface area contributed by atoms with Crippen LogP contribution in [0.15, 0.2) is 48.5 Å². The normalized spacial score (nSPS) is 21.3. The summed E-state index contributed by atoms with van der Waals surface area (Å²) < 4.78 is 18.8. The highest BCUT2D eigenvalue weighted by atomic mass is 32.2. The summed E-state index contributed by atoms with van der Waals surface area (Å²) in [6, 6.07) is 15.4. The molecule has 31 heavy (non-hydrogen) atoms. The molecule has 1 saturated carbocycles. The van der Waals surface area contributed by atoms with Gasteiger partial charge in [-0.1, -0.05) is 42.8 Å². The number of thioether (sulfide) groups is 1. The fraction of sp³-hybridized carbons (Fsp3) is 0.480. The summed E-state index contributed by atoms with van der Waals surface area (Å²) in [6.45, 7) is 0.816. The van der Waals surface area contributed by atoms with Crippen LogP contribution in [0.5, 0.6) is 0 Å². The SMILES string of the molecule is COCSCNC1CCN(C(=O)C2CCC2)C1Cc1cccc(-c2cccc(F)c2)c1. The van der Waals surface area contributed by atoms with E-state index in [0.717, 1.165) is 49.2 Å². The van der Waals surface area contributed by atoms with Crippen LogP contribution >= 0.6 is 11.8 Å². The van der Waals surface area contributed by atoms with Crippen LogP contribution < -0.4 is 5.32 Å². The smallest absolute Gasteiger partial charge is 0.225 e. The molecule has 2 aromatic rings. The van der Waals surface area contributed by atoms with Gasteiger partial charge in [-0.15, -0.1) is 11.8 Å². The Balaban J connectivity index is 1.51. The number of likely N-dealkylation sites (tertiary alicyclic amines) is 1. The quantitative estimate of drug-likeness (QED) is 0.452. The lowest BCUT2D eigenvalue weighted by Crippen LogP contribution is -2.48. The lowest BCUT2D eigenvalue weighted by atomic mass is 9.84. The van der Waals surface area contributed by atoms with Crippen molar-refractivity contribution in [2.24, 2.45) is 5.92 Å². The zero-order chi connectivity index (χ0) is 21.6. The number of rotatable bonds is 9. The van der Waals surface area contributed by atoms with Gasteiger partial charge in [0.25, 0.3) is 0 Å². The molecule has 1 aliphatic carbocycles. The summed E-state index contributed by atoms with van der Waals surface area (Å²) in [4.78, 5) is 15.2. The molecule has 2 unspecified atom stereocenters. The van der Waals surface area contributed by atoms with Crippen molar-refractivity contribution >= 4 is 17.7 Å². The van der Waals surface area contributed by atoms with Gasteiger partial charge >= 0.3 is 0 Å². The second-order valence-electron chi connectivity index (χ2n) is 8.50. The molecule has 0 aromatic heterocycles. The standard InChI is InChI=1S/C25H31FN2O2S/c1-30-17-31-16-27-23-11-12-28(25(29)19-6-3-7-19)24(23)14-18-5-2-8-20(13-18)21-9-4-10-22(26)15-21/h2,4-5,8-10,13,15,19,23-24,27H,3,6-7,11-12,14,16-17H2,1H3. The van der Waals surface area contributed by atoms with Crippen molar-refractivity contribution in [3.63, 3.8) is 0 Å². The molecule has 0 spiro atoms. The topological polar surface area (TPSA) is 41.6 Å². The molecule has 0 bridgehead atoms. The van der Waals surface area contributed by atoms with Crippen molar-refractivity contribution in [1.29, 1.82) is 0 Å². The first-order chi connectivity index (χ1) is 15.2. The van der Waals surface area contributed by atoms with Crippen LogP contribution in [-0.4, -0.2) is 48.4 Å². The van der Waals surface area contributed by atoms with Crippen molar-refractivity contribution in [1.82, 2.24) is 10.2 Å². The summed E-state index contributed by atoms with van der Waals surface area (Å²) in [5.74, 6) is 1.78. The van der Waals surface area contributed by atoms with E-state index < -0.39 is 0 Å². The molecule has 1 aliphatic heterocycles. The lowest BCUT2D eigenvalue weighted by Gasteiger charge is -2.34. The summed E-state index contributed by atoms with van der Waals surface area (Å²) in [7, 11) is 1.70. The Hall–Kier alpha value is -1.89. The molecule has 0 radical (unpaired) electrons. The van der Waals surface area contributed by atoms with Crippen LogP contribution in [0.2, 0.25) is 0 Å². The molecule has 2 aromatic carbocycles. The van der Waals surface area contributed by atoms with Crippen molar-refractivity contribution in [3.05, 3.63) is 59.9 Å². The van der Waals surface area contributed by atoms with Gasteiger partial charge in [0.05, 0.1) is 12.0 Å². The van der Waals surface area contributed by atoms with Gasteiger partial charge in [-0.25, -0.2) is 4.39 Å². The Morgan fingerprint density at radius 2 is 1.94 bits per heavy atom. The molecular formula is C25H31FN2O2S. The van der Waals surface area contributed by atoms with Gasteiger partial charge in [-0.05, 0) is 54.5 Å². The monoisotopic (exact) mass is 442 g/mol. The van der Waals surface area contributed by atoms with Crippen LogP contribution in [0.25, 0.3) is 11.1 Å². The van der Waals surface area contributed by atoms with Gasteiger partial charge in [0.1, 0.15) is 5.82 Å². The molecule has 1 heterocycles. The number of halogens is 1. The fourth-order valence-corrected chi connectivity index (χ4v) is 5.17. The maximum Gasteiger partial charge on any atom is 0.225 e. The second-order valence-corrected chi connectivity index (χ2v) is 9.43. The van der Waals surface area contributed by atoms with Crippen molar-refractivity contribution in [2.75, 3.05) is 25.5 Å². The molecule has 4 nitrogen and oxygen atoms in total. The third kappa shape index (κ3) is 5.48. The number of amides is 1. The van der Waals surface area contributed by atoms with E-state index in [4.69, 9.17) is 4.74 Å². The molecular weight excluding hydrogens is 411 g/mol. The first-order valence-electron chi connectivity index (χ1n) is 11.1. The zero-order valence-corrected chi connectivity index (χ0v) is 18.9. The highest BCUT2D eigenvalue weighted by Gasteiger charge is 2.40. The number of ether oxygens (including phenoxy) is 1. The third-order valence-corrected chi connectivity index (χ3v) is 7.23. The molecule has 1 amide bonds. The van der Waals surface area contributed by atoms with Crippen LogP contribution in [0.1, 0.15) is 31.2 Å². The number of nitrogens with one attached hydrogen (secondary N) is 1. The minimum atomic E-state index is -0.228. The van der Waals surface area contributed by atoms with Gasteiger partial charge in [-0.3, -0.25) is 4.79 Å². The van der Waals surface area contributed by atoms with Crippen LogP contribution in [0.3, 0.4) is 0 Å². The first-order valence-corrected chi connectivity index (χ1v) is 12.3. The van der Waals surface area contributed by atoms with E-state index in [1.54, 1.807) is 31.0 Å². The number of carbonyl (C=O) groups is 1. The van der Waals surface area contributed by atoms with Gasteiger partial charge in [0, 0.05) is 31.5 Å². The van der Waals surface area contributed by atoms with E-state index >= 15 is 0 Å². The minimum absolute atomic E-state index is 0.138. The summed E-state index contributed by atoms with van der Waals surface area (Å²) >= 11 is 1.71. The third-order valence-electron chi connectivity index (χ3n) is 6.46. The Labute approximate surface area is 188 Å². The van der Waals surface area contributed by atoms with Gasteiger partial charge < -0.3 is 15.0 Å². The van der Waals surface area contributed by atoms with Crippen molar-refractivity contribution in [3.8, 4) is 11.1 Å². The minimum Gasteiger partial charge on any atom is -0.374 e. The van der Waals surface area contributed by atoms with Gasteiger partial charge in [0.2, 0.25) is 5.91 Å². The van der Waals surface area contributed by atoms with Crippen LogP contribution in [0.4, 0.5) is 4.39 Å². The first kappa shape index (κ1) is 22.3. The fourth-order valence-electron chi connectivity index (χ4n) is 4.59. The van der Waals surface area contributed by atoms with Gasteiger partial charge in [0.15, 0.2) is 0 Å². The van der Waals surface area contributed by atoms with E-state index in [9.17, 15) is 9.18 Å². The van der Waals surface area contributed by atoms with E-state index in [-0.39, 0.29) is 23.8 Å². The highest BCUT2D eigenvalue weighted by Crippen LogP contribution is 2.33. The van der Waals surface area contributed by atoms with E-state index in [0.29, 0.717) is 11.8 Å². The maximum absolute atomic E-state index is 13.7. The number of hydrogen-bond acceptors (Lipinski definition) is 4. The number of benzene rings is 2. The number of methoxy groups -OCH3 is 1. The Kier molecular flexibility index (Phi) is 7.64. The largest absolute Gasteiger partial charge is 0.374 e. The Morgan fingerprint density at radius 3 is 2.65 bits per heavy atom. The Morgan fingerprint density at radius 1 is 1.16 bits per heavy atom. The second kappa shape index (κ2) is 10.6. The van der Waals surface area contributed by atoms with E-state index in [2.05, 4.69) is 22.3 Å². The summed E-state index contributed by atoms with van der Waals surface area (Å²) in [5, 5.41) is 3.64. The van der Waals surface area contributed by atoms with E-state index in [1.807, 2.05) is 18.2 Å². The zero-order valence-electron chi connectivity index (χ0n) is 18.1. The molecule has 1 N–H and O–H groups in total. The number of nitrogens with zero attached hydrogens (tertiary/aromatic N) is 1. The highest BCUT2D eigenvalue weighted by molar-refractivity contribution is 7.99.